The molecule has 1 heterocycles. The predicted octanol–water partition coefficient (Wildman–Crippen LogP) is 4.28. The second-order valence-electron chi connectivity index (χ2n) is 6.06. The quantitative estimate of drug-likeness (QED) is 0.835. The molecular weight excluding hydrogens is 268 g/mol. The first kappa shape index (κ1) is 14.3. The maximum Gasteiger partial charge on any atom is 0.0722 e. The van der Waals surface area contributed by atoms with Crippen LogP contribution in [0.5, 0.6) is 0 Å². The van der Waals surface area contributed by atoms with Gasteiger partial charge in [-0.2, -0.15) is 0 Å². The van der Waals surface area contributed by atoms with E-state index in [-0.39, 0.29) is 5.41 Å². The molecule has 22 heavy (non-hydrogen) atoms. The maximum absolute atomic E-state index is 6.39. The van der Waals surface area contributed by atoms with Gasteiger partial charge in [-0.25, -0.2) is 0 Å². The topological polar surface area (TPSA) is 38.4 Å². The lowest BCUT2D eigenvalue weighted by molar-refractivity contribution is 0.666. The van der Waals surface area contributed by atoms with Crippen molar-refractivity contribution in [2.75, 3.05) is 0 Å². The van der Waals surface area contributed by atoms with Gasteiger partial charge in [-0.3, -0.25) is 4.99 Å². The van der Waals surface area contributed by atoms with Gasteiger partial charge in [0.25, 0.3) is 0 Å². The minimum absolute atomic E-state index is 0.120. The number of aliphatic imine (C=N–C) groups is 1. The fourth-order valence-corrected chi connectivity index (χ4v) is 2.72. The molecule has 0 bridgehead atoms. The molecule has 0 saturated heterocycles. The van der Waals surface area contributed by atoms with Crippen LogP contribution in [0.3, 0.4) is 0 Å². The number of nitrogens with zero attached hydrogens (tertiary/aromatic N) is 1. The molecule has 110 valence electrons. The number of rotatable bonds is 1. The first-order chi connectivity index (χ1) is 10.6. The smallest absolute Gasteiger partial charge is 0.0722 e. The highest BCUT2D eigenvalue weighted by Crippen LogP contribution is 2.31. The third-order valence-corrected chi connectivity index (χ3v) is 4.00. The van der Waals surface area contributed by atoms with E-state index in [9.17, 15) is 0 Å². The van der Waals surface area contributed by atoms with E-state index in [0.717, 1.165) is 22.5 Å². The predicted molar refractivity (Wildman–Crippen MR) is 93.8 cm³/mol. The van der Waals surface area contributed by atoms with E-state index >= 15 is 0 Å². The van der Waals surface area contributed by atoms with Crippen molar-refractivity contribution in [3.8, 4) is 0 Å². The highest BCUT2D eigenvalue weighted by Gasteiger charge is 2.22. The molecular formula is C20H20N2. The fraction of sp³-hybridized carbons (Fsp3) is 0.150. The largest absolute Gasteiger partial charge is 0.398 e. The molecule has 0 amide bonds. The van der Waals surface area contributed by atoms with Gasteiger partial charge in [0.2, 0.25) is 0 Å². The lowest BCUT2D eigenvalue weighted by atomic mass is 9.81. The second kappa shape index (κ2) is 5.64. The van der Waals surface area contributed by atoms with Crippen molar-refractivity contribution in [1.29, 1.82) is 0 Å². The molecule has 0 atom stereocenters. The maximum atomic E-state index is 6.39. The van der Waals surface area contributed by atoms with Crippen molar-refractivity contribution in [2.24, 2.45) is 10.7 Å². The molecule has 1 aliphatic rings. The van der Waals surface area contributed by atoms with E-state index in [4.69, 9.17) is 5.73 Å². The summed E-state index contributed by atoms with van der Waals surface area (Å²) in [5, 5.41) is 0. The van der Waals surface area contributed by atoms with Gasteiger partial charge >= 0.3 is 0 Å². The molecule has 1 aliphatic heterocycles. The van der Waals surface area contributed by atoms with E-state index < -0.39 is 0 Å². The number of nitrogens with two attached hydrogens (primary N) is 1. The highest BCUT2D eigenvalue weighted by atomic mass is 14.7. The van der Waals surface area contributed by atoms with Crippen LogP contribution < -0.4 is 5.73 Å². The van der Waals surface area contributed by atoms with Crippen molar-refractivity contribution < 1.29 is 0 Å². The van der Waals surface area contributed by atoms with Crippen LogP contribution in [0.2, 0.25) is 0 Å². The third kappa shape index (κ3) is 2.73. The van der Waals surface area contributed by atoms with Crippen molar-refractivity contribution in [1.82, 2.24) is 0 Å². The Morgan fingerprint density at radius 1 is 0.909 bits per heavy atom. The number of hydrogen-bond donors (Lipinski definition) is 1. The number of allylic oxidation sites excluding steroid dienone is 2. The van der Waals surface area contributed by atoms with Gasteiger partial charge in [0.1, 0.15) is 0 Å². The summed E-state index contributed by atoms with van der Waals surface area (Å²) in [6.45, 7) is 4.36. The van der Waals surface area contributed by atoms with Gasteiger partial charge in [0.05, 0.1) is 5.71 Å². The summed E-state index contributed by atoms with van der Waals surface area (Å²) in [7, 11) is 0. The van der Waals surface area contributed by atoms with E-state index in [1.807, 2.05) is 48.7 Å². The molecule has 0 radical (unpaired) electrons. The van der Waals surface area contributed by atoms with Crippen molar-refractivity contribution in [3.05, 3.63) is 89.6 Å². The monoisotopic (exact) mass is 288 g/mol. The van der Waals surface area contributed by atoms with Crippen LogP contribution in [0.25, 0.3) is 5.70 Å². The average molecular weight is 288 g/mol. The summed E-state index contributed by atoms with van der Waals surface area (Å²) in [5.74, 6) is 0. The number of hydrogen-bond acceptors (Lipinski definition) is 2. The highest BCUT2D eigenvalue weighted by molar-refractivity contribution is 6.12. The second-order valence-corrected chi connectivity index (χ2v) is 6.06. The Hall–Kier alpha value is -2.61. The van der Waals surface area contributed by atoms with Gasteiger partial charge < -0.3 is 5.73 Å². The van der Waals surface area contributed by atoms with Crippen LogP contribution in [-0.4, -0.2) is 5.71 Å². The van der Waals surface area contributed by atoms with Crippen LogP contribution in [0, 0.1) is 0 Å². The van der Waals surface area contributed by atoms with Crippen LogP contribution in [0.4, 0.5) is 0 Å². The van der Waals surface area contributed by atoms with Gasteiger partial charge in [0, 0.05) is 28.4 Å². The Balaban J connectivity index is 2.20. The SMILES string of the molecule is CC1(C)/C=C/N=C(c2ccccc2)/C=C(\N)c2ccccc21. The number of fused-ring (bicyclic) bond motifs is 1. The fourth-order valence-electron chi connectivity index (χ4n) is 2.72. The van der Waals surface area contributed by atoms with Crippen molar-refractivity contribution in [2.45, 2.75) is 19.3 Å². The molecule has 0 saturated carbocycles. The van der Waals surface area contributed by atoms with Crippen LogP contribution in [0.15, 0.2) is 77.9 Å². The van der Waals surface area contributed by atoms with E-state index in [1.165, 1.54) is 5.56 Å². The Morgan fingerprint density at radius 2 is 1.59 bits per heavy atom. The normalized spacial score (nSPS) is 22.8. The molecule has 0 aromatic heterocycles. The summed E-state index contributed by atoms with van der Waals surface area (Å²) in [4.78, 5) is 4.62. The summed E-state index contributed by atoms with van der Waals surface area (Å²) in [5.41, 5.74) is 11.2. The molecule has 0 aliphatic carbocycles. The molecule has 2 aromatic rings. The molecule has 0 unspecified atom stereocenters. The van der Waals surface area contributed by atoms with Crippen molar-refractivity contribution >= 4 is 11.4 Å². The van der Waals surface area contributed by atoms with Gasteiger partial charge in [-0.05, 0) is 11.6 Å². The zero-order valence-corrected chi connectivity index (χ0v) is 13.0. The Labute approximate surface area is 131 Å². The molecule has 0 fully saturated rings. The molecule has 2 heteroatoms. The Morgan fingerprint density at radius 3 is 2.36 bits per heavy atom. The zero-order valence-electron chi connectivity index (χ0n) is 13.0. The first-order valence-electron chi connectivity index (χ1n) is 7.46. The summed E-state index contributed by atoms with van der Waals surface area (Å²) >= 11 is 0. The van der Waals surface area contributed by atoms with Crippen LogP contribution in [-0.2, 0) is 5.41 Å². The van der Waals surface area contributed by atoms with Gasteiger partial charge in [-0.15, -0.1) is 0 Å². The standard InChI is InChI=1S/C20H20N2/c1-20(2)12-13-22-19(15-8-4-3-5-9-15)14-18(21)16-10-6-7-11-17(16)20/h3-14H,21H2,1-2H3/b13-12+,18-14-,22-19-. The third-order valence-electron chi connectivity index (χ3n) is 4.00. The lowest BCUT2D eigenvalue weighted by Crippen LogP contribution is -2.17. The van der Waals surface area contributed by atoms with Gasteiger partial charge in [-0.1, -0.05) is 74.5 Å². The molecule has 0 spiro atoms. The van der Waals surface area contributed by atoms with E-state index in [0.29, 0.717) is 0 Å². The molecule has 2 nitrogen and oxygen atoms in total. The average Bonchev–Trinajstić information content (AvgIpc) is 2.58. The minimum atomic E-state index is -0.120. The molecule has 2 aromatic carbocycles. The Bertz CT molecular complexity index is 765. The summed E-state index contributed by atoms with van der Waals surface area (Å²) in [6.07, 6.45) is 5.97. The van der Waals surface area contributed by atoms with Crippen LogP contribution >= 0.6 is 0 Å². The zero-order chi connectivity index (χ0) is 15.6. The first-order valence-corrected chi connectivity index (χ1v) is 7.46. The minimum Gasteiger partial charge on any atom is -0.398 e. The lowest BCUT2D eigenvalue weighted by Gasteiger charge is -2.23. The van der Waals surface area contributed by atoms with E-state index in [1.54, 1.807) is 0 Å². The summed E-state index contributed by atoms with van der Waals surface area (Å²) in [6, 6.07) is 18.4. The van der Waals surface area contributed by atoms with E-state index in [2.05, 4.69) is 43.1 Å². The van der Waals surface area contributed by atoms with Crippen LogP contribution in [0.1, 0.15) is 30.5 Å². The molecule has 3 rings (SSSR count). The molecule has 2 N–H and O–H groups in total. The number of benzene rings is 2. The van der Waals surface area contributed by atoms with Gasteiger partial charge in [0.15, 0.2) is 0 Å². The summed E-state index contributed by atoms with van der Waals surface area (Å²) < 4.78 is 0. The Kier molecular flexibility index (Phi) is 3.68. The van der Waals surface area contributed by atoms with Crippen molar-refractivity contribution in [3.63, 3.8) is 0 Å².